The first kappa shape index (κ1) is 14.1. The van der Waals surface area contributed by atoms with E-state index in [2.05, 4.69) is 10.3 Å². The molecule has 1 unspecified atom stereocenters. The van der Waals surface area contributed by atoms with Crippen LogP contribution in [0, 0.1) is 5.92 Å². The Morgan fingerprint density at radius 1 is 1.29 bits per heavy atom. The Balaban J connectivity index is 1.75. The van der Waals surface area contributed by atoms with E-state index >= 15 is 0 Å². The lowest BCUT2D eigenvalue weighted by molar-refractivity contribution is 0.0917. The van der Waals surface area contributed by atoms with Crippen molar-refractivity contribution in [3.8, 4) is 0 Å². The largest absolute Gasteiger partial charge is 0.360 e. The van der Waals surface area contributed by atoms with Crippen LogP contribution < -0.4 is 11.1 Å². The number of fused-ring (bicyclic) bond motifs is 1. The predicted molar refractivity (Wildman–Crippen MR) is 85.2 cm³/mol. The van der Waals surface area contributed by atoms with Gasteiger partial charge in [-0.3, -0.25) is 4.79 Å². The molecule has 1 aromatic heterocycles. The molecule has 3 rings (SSSR count). The van der Waals surface area contributed by atoms with Gasteiger partial charge in [0.1, 0.15) is 0 Å². The lowest BCUT2D eigenvalue weighted by atomic mass is 9.84. The smallest absolute Gasteiger partial charge is 0.253 e. The monoisotopic (exact) mass is 285 g/mol. The summed E-state index contributed by atoms with van der Waals surface area (Å²) in [6.45, 7) is 0.513. The van der Waals surface area contributed by atoms with Gasteiger partial charge in [-0.1, -0.05) is 37.5 Å². The normalized spacial score (nSPS) is 17.8. The Hall–Kier alpha value is -1.81. The summed E-state index contributed by atoms with van der Waals surface area (Å²) >= 11 is 0. The molecule has 4 nitrogen and oxygen atoms in total. The summed E-state index contributed by atoms with van der Waals surface area (Å²) in [4.78, 5) is 15.7. The van der Waals surface area contributed by atoms with E-state index in [9.17, 15) is 4.79 Å². The van der Waals surface area contributed by atoms with E-state index in [1.54, 1.807) is 6.20 Å². The van der Waals surface area contributed by atoms with Crippen LogP contribution in [0.3, 0.4) is 0 Å². The maximum Gasteiger partial charge on any atom is 0.253 e. The van der Waals surface area contributed by atoms with Crippen molar-refractivity contribution in [2.45, 2.75) is 38.1 Å². The van der Waals surface area contributed by atoms with Gasteiger partial charge in [0.25, 0.3) is 5.91 Å². The Kier molecular flexibility index (Phi) is 4.25. The van der Waals surface area contributed by atoms with Gasteiger partial charge in [-0.15, -0.1) is 0 Å². The van der Waals surface area contributed by atoms with Gasteiger partial charge in [0, 0.05) is 29.7 Å². The Bertz CT molecular complexity index is 613. The van der Waals surface area contributed by atoms with Gasteiger partial charge in [0.05, 0.1) is 5.56 Å². The highest BCUT2D eigenvalue weighted by Crippen LogP contribution is 2.26. The quantitative estimate of drug-likeness (QED) is 0.808. The number of carbonyl (C=O) groups is 1. The van der Waals surface area contributed by atoms with E-state index in [0.717, 1.165) is 10.9 Å². The summed E-state index contributed by atoms with van der Waals surface area (Å²) in [7, 11) is 0. The molecule has 0 saturated heterocycles. The van der Waals surface area contributed by atoms with Crippen LogP contribution in [0.5, 0.6) is 0 Å². The zero-order chi connectivity index (χ0) is 14.7. The number of nitrogens with two attached hydrogens (primary N) is 1. The summed E-state index contributed by atoms with van der Waals surface area (Å²) in [5.74, 6) is 0.506. The number of hydrogen-bond acceptors (Lipinski definition) is 2. The molecule has 1 atom stereocenters. The van der Waals surface area contributed by atoms with E-state index in [-0.39, 0.29) is 11.9 Å². The molecule has 1 aromatic carbocycles. The average molecular weight is 285 g/mol. The van der Waals surface area contributed by atoms with Crippen LogP contribution in [0.25, 0.3) is 10.9 Å². The number of rotatable bonds is 4. The maximum atomic E-state index is 12.5. The molecule has 1 fully saturated rings. The van der Waals surface area contributed by atoms with Gasteiger partial charge in [-0.25, -0.2) is 0 Å². The standard InChI is InChI=1S/C17H23N3O/c18-10-16(12-6-2-1-3-7-12)20-17(21)14-11-19-15-9-5-4-8-13(14)15/h4-5,8-9,11-12,16,19H,1-3,6-7,10,18H2,(H,20,21). The zero-order valence-electron chi connectivity index (χ0n) is 12.3. The van der Waals surface area contributed by atoms with Crippen molar-refractivity contribution in [3.63, 3.8) is 0 Å². The lowest BCUT2D eigenvalue weighted by Gasteiger charge is -2.30. The molecule has 0 radical (unpaired) electrons. The van der Waals surface area contributed by atoms with E-state index in [1.807, 2.05) is 24.3 Å². The van der Waals surface area contributed by atoms with Crippen molar-refractivity contribution < 1.29 is 4.79 Å². The second-order valence-electron chi connectivity index (χ2n) is 5.96. The van der Waals surface area contributed by atoms with Gasteiger partial charge in [-0.2, -0.15) is 0 Å². The Labute approximate surface area is 125 Å². The second-order valence-corrected chi connectivity index (χ2v) is 5.96. The minimum Gasteiger partial charge on any atom is -0.360 e. The van der Waals surface area contributed by atoms with Crippen molar-refractivity contribution in [1.82, 2.24) is 10.3 Å². The third-order valence-electron chi connectivity index (χ3n) is 4.62. The van der Waals surface area contributed by atoms with Gasteiger partial charge in [0.15, 0.2) is 0 Å². The molecular formula is C17H23N3O. The minimum atomic E-state index is -0.0199. The number of carbonyl (C=O) groups excluding carboxylic acids is 1. The number of para-hydroxylation sites is 1. The van der Waals surface area contributed by atoms with Crippen molar-refractivity contribution in [2.75, 3.05) is 6.54 Å². The molecule has 1 aliphatic carbocycles. The fourth-order valence-corrected chi connectivity index (χ4v) is 3.41. The molecular weight excluding hydrogens is 262 g/mol. The highest BCUT2D eigenvalue weighted by atomic mass is 16.1. The highest BCUT2D eigenvalue weighted by molar-refractivity contribution is 6.06. The van der Waals surface area contributed by atoms with Crippen LogP contribution in [-0.2, 0) is 0 Å². The second kappa shape index (κ2) is 6.31. The molecule has 21 heavy (non-hydrogen) atoms. The van der Waals surface area contributed by atoms with Crippen LogP contribution in [0.1, 0.15) is 42.5 Å². The number of benzene rings is 1. The van der Waals surface area contributed by atoms with E-state index in [1.165, 1.54) is 32.1 Å². The van der Waals surface area contributed by atoms with Crippen molar-refractivity contribution in [3.05, 3.63) is 36.0 Å². The summed E-state index contributed by atoms with van der Waals surface area (Å²) in [5, 5.41) is 4.11. The Morgan fingerprint density at radius 2 is 2.05 bits per heavy atom. The fourth-order valence-electron chi connectivity index (χ4n) is 3.41. The molecule has 1 saturated carbocycles. The van der Waals surface area contributed by atoms with Crippen molar-refractivity contribution in [2.24, 2.45) is 11.7 Å². The third-order valence-corrected chi connectivity index (χ3v) is 4.62. The van der Waals surface area contributed by atoms with Crippen LogP contribution in [0.4, 0.5) is 0 Å². The molecule has 4 heteroatoms. The molecule has 0 aliphatic heterocycles. The van der Waals surface area contributed by atoms with Crippen LogP contribution >= 0.6 is 0 Å². The Morgan fingerprint density at radius 3 is 2.81 bits per heavy atom. The molecule has 0 spiro atoms. The van der Waals surface area contributed by atoms with E-state index < -0.39 is 0 Å². The topological polar surface area (TPSA) is 70.9 Å². The molecule has 1 heterocycles. The number of hydrogen-bond donors (Lipinski definition) is 3. The number of aromatic nitrogens is 1. The summed E-state index contributed by atoms with van der Waals surface area (Å²) in [6.07, 6.45) is 7.96. The van der Waals surface area contributed by atoms with Gasteiger partial charge < -0.3 is 16.0 Å². The molecule has 4 N–H and O–H groups in total. The van der Waals surface area contributed by atoms with Crippen molar-refractivity contribution in [1.29, 1.82) is 0 Å². The molecule has 1 aliphatic rings. The number of nitrogens with one attached hydrogen (secondary N) is 2. The lowest BCUT2D eigenvalue weighted by Crippen LogP contribution is -2.45. The highest BCUT2D eigenvalue weighted by Gasteiger charge is 2.25. The molecule has 0 bridgehead atoms. The first-order valence-corrected chi connectivity index (χ1v) is 7.86. The summed E-state index contributed by atoms with van der Waals surface area (Å²) in [5.41, 5.74) is 7.59. The van der Waals surface area contributed by atoms with Crippen molar-refractivity contribution >= 4 is 16.8 Å². The first-order chi connectivity index (χ1) is 10.3. The van der Waals surface area contributed by atoms with Gasteiger partial charge >= 0.3 is 0 Å². The van der Waals surface area contributed by atoms with Crippen LogP contribution in [0.2, 0.25) is 0 Å². The average Bonchev–Trinajstić information content (AvgIpc) is 2.97. The summed E-state index contributed by atoms with van der Waals surface area (Å²) in [6, 6.07) is 7.96. The summed E-state index contributed by atoms with van der Waals surface area (Å²) < 4.78 is 0. The van der Waals surface area contributed by atoms with Crippen LogP contribution in [0.15, 0.2) is 30.5 Å². The maximum absolute atomic E-state index is 12.5. The van der Waals surface area contributed by atoms with Gasteiger partial charge in [-0.05, 0) is 24.8 Å². The fraction of sp³-hybridized carbons (Fsp3) is 0.471. The molecule has 112 valence electrons. The zero-order valence-corrected chi connectivity index (χ0v) is 12.3. The number of aromatic amines is 1. The number of amides is 1. The molecule has 2 aromatic rings. The minimum absolute atomic E-state index is 0.0199. The molecule has 1 amide bonds. The van der Waals surface area contributed by atoms with E-state index in [4.69, 9.17) is 5.73 Å². The van der Waals surface area contributed by atoms with Crippen LogP contribution in [-0.4, -0.2) is 23.5 Å². The van der Waals surface area contributed by atoms with Gasteiger partial charge in [0.2, 0.25) is 0 Å². The first-order valence-electron chi connectivity index (χ1n) is 7.86. The van der Waals surface area contributed by atoms with E-state index in [0.29, 0.717) is 18.0 Å². The SMILES string of the molecule is NCC(NC(=O)c1c[nH]c2ccccc12)C1CCCCC1. The predicted octanol–water partition coefficient (Wildman–Crippen LogP) is 2.81. The third kappa shape index (κ3) is 2.95. The number of H-pyrrole nitrogens is 1.